The molecule has 1 atom stereocenters. The Balaban J connectivity index is 2.28. The quantitative estimate of drug-likeness (QED) is 0.572. The van der Waals surface area contributed by atoms with Crippen LogP contribution in [0.4, 0.5) is 0 Å². The molecule has 3 heteroatoms. The Bertz CT molecular complexity index is 193. The Labute approximate surface area is 106 Å². The molecule has 0 radical (unpaired) electrons. The first kappa shape index (κ1) is 14.9. The number of aliphatic hydroxyl groups is 2. The molecule has 1 rings (SSSR count). The van der Waals surface area contributed by atoms with Crippen molar-refractivity contribution in [1.29, 1.82) is 0 Å². The third kappa shape index (κ3) is 4.94. The summed E-state index contributed by atoms with van der Waals surface area (Å²) in [5, 5.41) is 21.9. The van der Waals surface area contributed by atoms with Crippen LogP contribution in [0.15, 0.2) is 0 Å². The van der Waals surface area contributed by atoms with Gasteiger partial charge in [0.1, 0.15) is 0 Å². The third-order valence-electron chi connectivity index (χ3n) is 4.20. The average molecular weight is 243 g/mol. The lowest BCUT2D eigenvalue weighted by Gasteiger charge is -2.39. The van der Waals surface area contributed by atoms with Gasteiger partial charge in [-0.2, -0.15) is 0 Å². The van der Waals surface area contributed by atoms with Crippen molar-refractivity contribution in [3.05, 3.63) is 0 Å². The molecule has 17 heavy (non-hydrogen) atoms. The highest BCUT2D eigenvalue weighted by Crippen LogP contribution is 2.32. The molecule has 0 spiro atoms. The van der Waals surface area contributed by atoms with Gasteiger partial charge in [-0.05, 0) is 51.5 Å². The zero-order chi connectivity index (χ0) is 12.6. The summed E-state index contributed by atoms with van der Waals surface area (Å²) in [7, 11) is 0. The zero-order valence-electron chi connectivity index (χ0n) is 11.2. The highest BCUT2D eigenvalue weighted by atomic mass is 16.3. The van der Waals surface area contributed by atoms with Gasteiger partial charge in [0, 0.05) is 12.1 Å². The molecule has 0 aromatic carbocycles. The Hall–Kier alpha value is -0.120. The Morgan fingerprint density at radius 2 is 1.76 bits per heavy atom. The molecular weight excluding hydrogens is 214 g/mol. The van der Waals surface area contributed by atoms with Gasteiger partial charge in [-0.15, -0.1) is 0 Å². The second-order valence-electron chi connectivity index (χ2n) is 5.62. The first-order valence-electron chi connectivity index (χ1n) is 7.19. The minimum absolute atomic E-state index is 0.0976. The van der Waals surface area contributed by atoms with E-state index in [-0.39, 0.29) is 12.1 Å². The zero-order valence-corrected chi connectivity index (χ0v) is 11.2. The van der Waals surface area contributed by atoms with E-state index in [1.54, 1.807) is 0 Å². The van der Waals surface area contributed by atoms with Crippen molar-refractivity contribution in [3.8, 4) is 0 Å². The smallest absolute Gasteiger partial charge is 0.0613 e. The van der Waals surface area contributed by atoms with Crippen LogP contribution in [0.2, 0.25) is 0 Å². The predicted octanol–water partition coefficient (Wildman–Crippen LogP) is 2.07. The third-order valence-corrected chi connectivity index (χ3v) is 4.20. The van der Waals surface area contributed by atoms with E-state index in [9.17, 15) is 5.11 Å². The standard InChI is InChI=1S/C14H29NO2/c1-14(12-17,13-8-4-2-5-9-13)15-10-6-3-7-11-16/h13,15-17H,2-12H2,1H3/t14-/m0/s1. The van der Waals surface area contributed by atoms with E-state index in [0.717, 1.165) is 25.8 Å². The maximum atomic E-state index is 9.64. The molecule has 1 fully saturated rings. The van der Waals surface area contributed by atoms with Gasteiger partial charge >= 0.3 is 0 Å². The van der Waals surface area contributed by atoms with Crippen LogP contribution in [0.25, 0.3) is 0 Å². The summed E-state index contributed by atoms with van der Waals surface area (Å²) in [4.78, 5) is 0. The van der Waals surface area contributed by atoms with Crippen molar-refractivity contribution >= 4 is 0 Å². The van der Waals surface area contributed by atoms with Gasteiger partial charge in [0.25, 0.3) is 0 Å². The summed E-state index contributed by atoms with van der Waals surface area (Å²) >= 11 is 0. The summed E-state index contributed by atoms with van der Waals surface area (Å²) < 4.78 is 0. The van der Waals surface area contributed by atoms with Crippen LogP contribution in [0.5, 0.6) is 0 Å². The summed E-state index contributed by atoms with van der Waals surface area (Å²) in [6.45, 7) is 3.64. The molecule has 0 bridgehead atoms. The maximum absolute atomic E-state index is 9.64. The van der Waals surface area contributed by atoms with Crippen LogP contribution in [-0.4, -0.2) is 35.5 Å². The SMILES string of the molecule is C[C@@](CO)(NCCCCCO)C1CCCCC1. The van der Waals surface area contributed by atoms with Crippen LogP contribution < -0.4 is 5.32 Å². The molecule has 0 aliphatic heterocycles. The van der Waals surface area contributed by atoms with E-state index in [1.165, 1.54) is 32.1 Å². The van der Waals surface area contributed by atoms with E-state index in [0.29, 0.717) is 12.5 Å². The van der Waals surface area contributed by atoms with Crippen molar-refractivity contribution in [2.24, 2.45) is 5.92 Å². The van der Waals surface area contributed by atoms with Crippen LogP contribution in [0.1, 0.15) is 58.3 Å². The molecule has 0 aromatic heterocycles. The van der Waals surface area contributed by atoms with Crippen LogP contribution >= 0.6 is 0 Å². The van der Waals surface area contributed by atoms with E-state index in [2.05, 4.69) is 12.2 Å². The van der Waals surface area contributed by atoms with Gasteiger partial charge in [0.05, 0.1) is 6.61 Å². The normalized spacial score (nSPS) is 21.4. The molecular formula is C14H29NO2. The summed E-state index contributed by atoms with van der Waals surface area (Å²) in [6, 6.07) is 0. The fourth-order valence-electron chi connectivity index (χ4n) is 2.86. The molecule has 0 amide bonds. The fraction of sp³-hybridized carbons (Fsp3) is 1.00. The van der Waals surface area contributed by atoms with E-state index < -0.39 is 0 Å². The van der Waals surface area contributed by atoms with Gasteiger partial charge in [0.2, 0.25) is 0 Å². The highest BCUT2D eigenvalue weighted by molar-refractivity contribution is 4.91. The van der Waals surface area contributed by atoms with E-state index in [4.69, 9.17) is 5.11 Å². The molecule has 1 saturated carbocycles. The van der Waals surface area contributed by atoms with Crippen molar-refractivity contribution in [2.45, 2.75) is 63.8 Å². The number of unbranched alkanes of at least 4 members (excludes halogenated alkanes) is 2. The molecule has 0 unspecified atom stereocenters. The maximum Gasteiger partial charge on any atom is 0.0613 e. The molecule has 1 aliphatic carbocycles. The van der Waals surface area contributed by atoms with Gasteiger partial charge in [-0.3, -0.25) is 0 Å². The topological polar surface area (TPSA) is 52.5 Å². The first-order chi connectivity index (χ1) is 8.23. The Morgan fingerprint density at radius 1 is 1.06 bits per heavy atom. The number of aliphatic hydroxyl groups excluding tert-OH is 2. The molecule has 3 nitrogen and oxygen atoms in total. The molecule has 0 aromatic rings. The van der Waals surface area contributed by atoms with Gasteiger partial charge in [-0.25, -0.2) is 0 Å². The highest BCUT2D eigenvalue weighted by Gasteiger charge is 2.33. The molecule has 0 heterocycles. The molecule has 3 N–H and O–H groups in total. The minimum atomic E-state index is -0.0976. The average Bonchev–Trinajstić information content (AvgIpc) is 2.39. The fourth-order valence-corrected chi connectivity index (χ4v) is 2.86. The summed E-state index contributed by atoms with van der Waals surface area (Å²) in [6.07, 6.45) is 9.52. The lowest BCUT2D eigenvalue weighted by atomic mass is 9.76. The monoisotopic (exact) mass is 243 g/mol. The van der Waals surface area contributed by atoms with Crippen molar-refractivity contribution in [1.82, 2.24) is 5.32 Å². The summed E-state index contributed by atoms with van der Waals surface area (Å²) in [5.74, 6) is 0.624. The molecule has 102 valence electrons. The van der Waals surface area contributed by atoms with Gasteiger partial charge in [-0.1, -0.05) is 19.3 Å². The van der Waals surface area contributed by atoms with Crippen molar-refractivity contribution < 1.29 is 10.2 Å². The van der Waals surface area contributed by atoms with Crippen LogP contribution in [-0.2, 0) is 0 Å². The predicted molar refractivity (Wildman–Crippen MR) is 71.0 cm³/mol. The van der Waals surface area contributed by atoms with E-state index >= 15 is 0 Å². The number of nitrogens with one attached hydrogen (secondary N) is 1. The van der Waals surface area contributed by atoms with Crippen LogP contribution in [0.3, 0.4) is 0 Å². The van der Waals surface area contributed by atoms with Gasteiger partial charge in [0.15, 0.2) is 0 Å². The van der Waals surface area contributed by atoms with E-state index in [1.807, 2.05) is 0 Å². The number of hydrogen-bond donors (Lipinski definition) is 3. The number of hydrogen-bond acceptors (Lipinski definition) is 3. The van der Waals surface area contributed by atoms with Crippen molar-refractivity contribution in [2.75, 3.05) is 19.8 Å². The lowest BCUT2D eigenvalue weighted by Crippen LogP contribution is -2.52. The largest absolute Gasteiger partial charge is 0.396 e. The minimum Gasteiger partial charge on any atom is -0.396 e. The Morgan fingerprint density at radius 3 is 2.35 bits per heavy atom. The lowest BCUT2D eigenvalue weighted by molar-refractivity contribution is 0.0949. The first-order valence-corrected chi connectivity index (χ1v) is 7.19. The molecule has 0 saturated heterocycles. The Kier molecular flexibility index (Phi) is 7.09. The van der Waals surface area contributed by atoms with Crippen LogP contribution in [0, 0.1) is 5.92 Å². The van der Waals surface area contributed by atoms with Gasteiger partial charge < -0.3 is 15.5 Å². The van der Waals surface area contributed by atoms with Crippen molar-refractivity contribution in [3.63, 3.8) is 0 Å². The second kappa shape index (κ2) is 8.06. The molecule has 1 aliphatic rings. The second-order valence-corrected chi connectivity index (χ2v) is 5.62. The summed E-state index contributed by atoms with van der Waals surface area (Å²) in [5.41, 5.74) is -0.0976. The number of rotatable bonds is 8.